The zero-order valence-electron chi connectivity index (χ0n) is 4.33. The minimum absolute atomic E-state index is 0.315. The Balaban J connectivity index is 2.39. The summed E-state index contributed by atoms with van der Waals surface area (Å²) in [6.07, 6.45) is 7.78. The third kappa shape index (κ3) is 0.346. The second-order valence-electron chi connectivity index (χ2n) is 1.87. The topological polar surface area (TPSA) is 24.4 Å². The first-order valence-corrected chi connectivity index (χ1v) is 2.63. The zero-order chi connectivity index (χ0) is 5.40. The highest BCUT2D eigenvalue weighted by Gasteiger charge is 2.14. The maximum atomic E-state index is 4.13. The van der Waals surface area contributed by atoms with Crippen LogP contribution in [0.25, 0.3) is 0 Å². The number of hydrogen-bond acceptors (Lipinski definition) is 2. The molecule has 0 bridgehead atoms. The fourth-order valence-corrected chi connectivity index (χ4v) is 0.917. The first-order valence-electron chi connectivity index (χ1n) is 2.63. The van der Waals surface area contributed by atoms with Crippen LogP contribution in [0.3, 0.4) is 0 Å². The Morgan fingerprint density at radius 3 is 3.50 bits per heavy atom. The standard InChI is InChI=1S/C6H6N2/c1-3-7-6-2-4-8-5(1)6/h1-5,7H. The highest BCUT2D eigenvalue weighted by atomic mass is 15.0. The van der Waals surface area contributed by atoms with Crippen molar-refractivity contribution in [2.24, 2.45) is 4.99 Å². The van der Waals surface area contributed by atoms with Gasteiger partial charge in [-0.15, -0.1) is 0 Å². The smallest absolute Gasteiger partial charge is 0.109 e. The molecule has 2 heterocycles. The average Bonchev–Trinajstić information content (AvgIpc) is 2.15. The summed E-state index contributed by atoms with van der Waals surface area (Å²) in [4.78, 5) is 4.13. The quantitative estimate of drug-likeness (QED) is 0.476. The van der Waals surface area contributed by atoms with Crippen molar-refractivity contribution >= 4 is 6.21 Å². The first kappa shape index (κ1) is 3.89. The summed E-state index contributed by atoms with van der Waals surface area (Å²) in [6.45, 7) is 0. The predicted molar refractivity (Wildman–Crippen MR) is 32.6 cm³/mol. The van der Waals surface area contributed by atoms with Crippen LogP contribution >= 0.6 is 0 Å². The molecule has 2 rings (SSSR count). The van der Waals surface area contributed by atoms with Crippen molar-refractivity contribution in [2.75, 3.05) is 0 Å². The lowest BCUT2D eigenvalue weighted by Crippen LogP contribution is -2.04. The summed E-state index contributed by atoms with van der Waals surface area (Å²) in [5.41, 5.74) is 1.20. The van der Waals surface area contributed by atoms with Gasteiger partial charge in [0.2, 0.25) is 0 Å². The normalized spacial score (nSPS) is 30.0. The lowest BCUT2D eigenvalue weighted by atomic mass is 10.3. The molecule has 2 aliphatic rings. The molecule has 0 aromatic rings. The molecule has 2 aliphatic heterocycles. The maximum Gasteiger partial charge on any atom is 0.109 e. The minimum atomic E-state index is 0.315. The van der Waals surface area contributed by atoms with Gasteiger partial charge >= 0.3 is 0 Å². The summed E-state index contributed by atoms with van der Waals surface area (Å²) in [7, 11) is 0. The van der Waals surface area contributed by atoms with Gasteiger partial charge in [0.25, 0.3) is 0 Å². The van der Waals surface area contributed by atoms with Crippen LogP contribution in [-0.4, -0.2) is 12.3 Å². The molecular formula is C6H6N2. The Hall–Kier alpha value is -1.05. The van der Waals surface area contributed by atoms with E-state index in [1.165, 1.54) is 5.70 Å². The first-order chi connectivity index (χ1) is 3.97. The molecule has 8 heavy (non-hydrogen) atoms. The fraction of sp³-hybridized carbons (Fsp3) is 0.167. The van der Waals surface area contributed by atoms with Crippen molar-refractivity contribution in [1.29, 1.82) is 0 Å². The molecule has 0 spiro atoms. The molecule has 1 unspecified atom stereocenters. The van der Waals surface area contributed by atoms with Gasteiger partial charge in [0.1, 0.15) is 6.04 Å². The van der Waals surface area contributed by atoms with E-state index >= 15 is 0 Å². The number of fused-ring (bicyclic) bond motifs is 1. The molecule has 0 saturated heterocycles. The Kier molecular flexibility index (Phi) is 0.592. The molecule has 40 valence electrons. The second kappa shape index (κ2) is 1.22. The van der Waals surface area contributed by atoms with E-state index in [1.807, 2.05) is 24.6 Å². The molecule has 0 radical (unpaired) electrons. The van der Waals surface area contributed by atoms with Crippen molar-refractivity contribution < 1.29 is 0 Å². The molecule has 0 aromatic heterocycles. The van der Waals surface area contributed by atoms with Gasteiger partial charge in [0.15, 0.2) is 0 Å². The second-order valence-corrected chi connectivity index (χ2v) is 1.87. The van der Waals surface area contributed by atoms with Crippen LogP contribution in [0.5, 0.6) is 0 Å². The van der Waals surface area contributed by atoms with Crippen LogP contribution in [0.1, 0.15) is 0 Å². The minimum Gasteiger partial charge on any atom is -0.363 e. The van der Waals surface area contributed by atoms with Crippen LogP contribution in [0.2, 0.25) is 0 Å². The van der Waals surface area contributed by atoms with Crippen LogP contribution in [0, 0.1) is 0 Å². The largest absolute Gasteiger partial charge is 0.363 e. The third-order valence-electron chi connectivity index (χ3n) is 1.35. The predicted octanol–water partition coefficient (Wildman–Crippen LogP) is 0.440. The Morgan fingerprint density at radius 2 is 2.62 bits per heavy atom. The van der Waals surface area contributed by atoms with Gasteiger partial charge in [0, 0.05) is 11.9 Å². The highest BCUT2D eigenvalue weighted by Crippen LogP contribution is 2.13. The monoisotopic (exact) mass is 106 g/mol. The van der Waals surface area contributed by atoms with Gasteiger partial charge in [-0.1, -0.05) is 0 Å². The van der Waals surface area contributed by atoms with E-state index in [0.29, 0.717) is 6.04 Å². The summed E-state index contributed by atoms with van der Waals surface area (Å²) < 4.78 is 0. The van der Waals surface area contributed by atoms with Gasteiger partial charge < -0.3 is 5.32 Å². The Morgan fingerprint density at radius 1 is 1.62 bits per heavy atom. The summed E-state index contributed by atoms with van der Waals surface area (Å²) in [5.74, 6) is 0. The molecule has 0 saturated carbocycles. The number of allylic oxidation sites excluding steroid dienone is 1. The zero-order valence-corrected chi connectivity index (χ0v) is 4.33. The molecule has 2 nitrogen and oxygen atoms in total. The van der Waals surface area contributed by atoms with Gasteiger partial charge in [-0.05, 0) is 18.4 Å². The highest BCUT2D eigenvalue weighted by molar-refractivity contribution is 5.77. The van der Waals surface area contributed by atoms with Crippen molar-refractivity contribution in [3.05, 3.63) is 24.0 Å². The SMILES string of the molecule is C1=CC2N=CC=C2N1. The Labute approximate surface area is 47.6 Å². The van der Waals surface area contributed by atoms with E-state index in [9.17, 15) is 0 Å². The lowest BCUT2D eigenvalue weighted by molar-refractivity contribution is 0.948. The van der Waals surface area contributed by atoms with E-state index in [4.69, 9.17) is 0 Å². The van der Waals surface area contributed by atoms with E-state index in [-0.39, 0.29) is 0 Å². The van der Waals surface area contributed by atoms with Crippen LogP contribution in [0.4, 0.5) is 0 Å². The molecule has 2 heteroatoms. The van der Waals surface area contributed by atoms with E-state index < -0.39 is 0 Å². The van der Waals surface area contributed by atoms with Crippen molar-refractivity contribution in [3.63, 3.8) is 0 Å². The van der Waals surface area contributed by atoms with Gasteiger partial charge in [0.05, 0.1) is 0 Å². The molecule has 0 aromatic carbocycles. The van der Waals surface area contributed by atoms with Gasteiger partial charge in [-0.25, -0.2) is 0 Å². The van der Waals surface area contributed by atoms with E-state index in [0.717, 1.165) is 0 Å². The van der Waals surface area contributed by atoms with Crippen LogP contribution in [0.15, 0.2) is 29.0 Å². The summed E-state index contributed by atoms with van der Waals surface area (Å²) in [6, 6.07) is 0.315. The van der Waals surface area contributed by atoms with Crippen LogP contribution < -0.4 is 5.32 Å². The maximum absolute atomic E-state index is 4.13. The van der Waals surface area contributed by atoms with Gasteiger partial charge in [-0.2, -0.15) is 0 Å². The van der Waals surface area contributed by atoms with Crippen molar-refractivity contribution in [1.82, 2.24) is 5.32 Å². The van der Waals surface area contributed by atoms with Gasteiger partial charge in [-0.3, -0.25) is 4.99 Å². The lowest BCUT2D eigenvalue weighted by Gasteiger charge is -1.96. The molecule has 1 N–H and O–H groups in total. The third-order valence-corrected chi connectivity index (χ3v) is 1.35. The van der Waals surface area contributed by atoms with E-state index in [1.54, 1.807) is 0 Å². The number of aliphatic imine (C=N–C) groups is 1. The molecule has 0 fully saturated rings. The summed E-state index contributed by atoms with van der Waals surface area (Å²) >= 11 is 0. The van der Waals surface area contributed by atoms with Crippen LogP contribution in [-0.2, 0) is 0 Å². The van der Waals surface area contributed by atoms with Crippen molar-refractivity contribution in [3.8, 4) is 0 Å². The molecule has 0 aliphatic carbocycles. The summed E-state index contributed by atoms with van der Waals surface area (Å²) in [5, 5.41) is 3.07. The number of rotatable bonds is 0. The fourth-order valence-electron chi connectivity index (χ4n) is 0.917. The molecule has 1 atom stereocenters. The Bertz CT molecular complexity index is 189. The number of nitrogens with one attached hydrogen (secondary N) is 1. The average molecular weight is 106 g/mol. The molecular weight excluding hydrogens is 100 g/mol. The van der Waals surface area contributed by atoms with E-state index in [2.05, 4.69) is 10.3 Å². The van der Waals surface area contributed by atoms with Crippen molar-refractivity contribution in [2.45, 2.75) is 6.04 Å². The molecule has 0 amide bonds. The number of nitrogens with zero attached hydrogens (tertiary/aromatic N) is 1. The number of hydrogen-bond donors (Lipinski definition) is 1.